The van der Waals surface area contributed by atoms with E-state index < -0.39 is 6.55 Å². The summed E-state index contributed by atoms with van der Waals surface area (Å²) in [5.74, 6) is 0.334. The summed E-state index contributed by atoms with van der Waals surface area (Å²) in [6, 6.07) is 1.84. The second kappa shape index (κ2) is 5.53. The Balaban J connectivity index is 1.76. The van der Waals surface area contributed by atoms with E-state index in [2.05, 4.69) is 15.4 Å². The van der Waals surface area contributed by atoms with E-state index in [1.165, 1.54) is 12.4 Å². The lowest BCUT2D eigenvalue weighted by Gasteiger charge is -2.07. The second-order valence-electron chi connectivity index (χ2n) is 3.47. The third kappa shape index (κ3) is 3.10. The van der Waals surface area contributed by atoms with Gasteiger partial charge >= 0.3 is 6.55 Å². The number of hydrogen-bond donors (Lipinski definition) is 1. The number of aromatic nitrogens is 4. The molecule has 7 heteroatoms. The minimum Gasteiger partial charge on any atom is -0.308 e. The zero-order valence-corrected chi connectivity index (χ0v) is 9.13. The maximum atomic E-state index is 12.5. The molecule has 0 bridgehead atoms. The fraction of sp³-hybridized carbons (Fsp3) is 0.400. The first-order valence-corrected chi connectivity index (χ1v) is 5.25. The van der Waals surface area contributed by atoms with Gasteiger partial charge < -0.3 is 5.32 Å². The van der Waals surface area contributed by atoms with E-state index in [1.807, 2.05) is 12.3 Å². The lowest BCUT2D eigenvalue weighted by Crippen LogP contribution is -2.22. The van der Waals surface area contributed by atoms with Crippen LogP contribution in [-0.4, -0.2) is 25.9 Å². The summed E-state index contributed by atoms with van der Waals surface area (Å²) in [7, 11) is 0. The molecular formula is C10H13F2N5. The molecule has 0 unspecified atom stereocenters. The summed E-state index contributed by atoms with van der Waals surface area (Å²) >= 11 is 0. The Bertz CT molecular complexity index is 437. The SMILES string of the molecule is FC(F)n1ccnc1CNCCn1cccn1. The van der Waals surface area contributed by atoms with Gasteiger partial charge in [0.25, 0.3) is 0 Å². The van der Waals surface area contributed by atoms with Crippen molar-refractivity contribution in [2.24, 2.45) is 0 Å². The van der Waals surface area contributed by atoms with Crippen molar-refractivity contribution in [2.75, 3.05) is 6.54 Å². The average Bonchev–Trinajstić information content (AvgIpc) is 2.95. The molecule has 0 atom stereocenters. The van der Waals surface area contributed by atoms with Crippen molar-refractivity contribution < 1.29 is 8.78 Å². The number of nitrogens with one attached hydrogen (secondary N) is 1. The van der Waals surface area contributed by atoms with Crippen LogP contribution in [0.1, 0.15) is 12.4 Å². The molecule has 92 valence electrons. The monoisotopic (exact) mass is 241 g/mol. The molecule has 2 rings (SSSR count). The van der Waals surface area contributed by atoms with Crippen LogP contribution >= 0.6 is 0 Å². The van der Waals surface area contributed by atoms with Crippen molar-refractivity contribution in [3.8, 4) is 0 Å². The molecular weight excluding hydrogens is 228 g/mol. The Kier molecular flexibility index (Phi) is 3.81. The first kappa shape index (κ1) is 11.7. The maximum absolute atomic E-state index is 12.5. The van der Waals surface area contributed by atoms with Gasteiger partial charge in [0.15, 0.2) is 0 Å². The summed E-state index contributed by atoms with van der Waals surface area (Å²) < 4.78 is 27.6. The third-order valence-electron chi connectivity index (χ3n) is 2.32. The molecule has 0 saturated carbocycles. The van der Waals surface area contributed by atoms with Gasteiger partial charge in [-0.1, -0.05) is 0 Å². The topological polar surface area (TPSA) is 47.7 Å². The molecule has 0 aliphatic rings. The fourth-order valence-electron chi connectivity index (χ4n) is 1.49. The normalized spacial score (nSPS) is 11.2. The van der Waals surface area contributed by atoms with Gasteiger partial charge in [0.1, 0.15) is 5.82 Å². The average molecular weight is 241 g/mol. The Morgan fingerprint density at radius 1 is 1.29 bits per heavy atom. The summed E-state index contributed by atoms with van der Waals surface area (Å²) in [6.45, 7) is -0.876. The minimum atomic E-state index is -2.54. The molecule has 2 aromatic rings. The molecule has 0 spiro atoms. The van der Waals surface area contributed by atoms with Crippen molar-refractivity contribution in [2.45, 2.75) is 19.6 Å². The zero-order valence-electron chi connectivity index (χ0n) is 9.13. The quantitative estimate of drug-likeness (QED) is 0.775. The van der Waals surface area contributed by atoms with Crippen LogP contribution in [0.4, 0.5) is 8.78 Å². The van der Waals surface area contributed by atoms with Gasteiger partial charge in [0.05, 0.1) is 13.1 Å². The number of rotatable bonds is 6. The molecule has 1 N–H and O–H groups in total. The van der Waals surface area contributed by atoms with E-state index in [4.69, 9.17) is 0 Å². The van der Waals surface area contributed by atoms with Crippen molar-refractivity contribution in [1.29, 1.82) is 0 Å². The predicted octanol–water partition coefficient (Wildman–Crippen LogP) is 1.26. The Labute approximate surface area is 97.1 Å². The van der Waals surface area contributed by atoms with Crippen LogP contribution in [0.2, 0.25) is 0 Å². The highest BCUT2D eigenvalue weighted by molar-refractivity contribution is 4.92. The van der Waals surface area contributed by atoms with Crippen LogP contribution in [0, 0.1) is 0 Å². The van der Waals surface area contributed by atoms with Crippen LogP contribution in [-0.2, 0) is 13.1 Å². The number of nitrogens with zero attached hydrogens (tertiary/aromatic N) is 4. The molecule has 5 nitrogen and oxygen atoms in total. The van der Waals surface area contributed by atoms with Crippen LogP contribution in [0.25, 0.3) is 0 Å². The molecule has 0 aliphatic carbocycles. The number of halogens is 2. The zero-order chi connectivity index (χ0) is 12.1. The first-order chi connectivity index (χ1) is 8.27. The molecule has 17 heavy (non-hydrogen) atoms. The standard InChI is InChI=1S/C10H13F2N5/c11-10(12)17-7-4-14-9(17)8-13-3-6-16-5-1-2-15-16/h1-2,4-5,7,10,13H,3,6,8H2. The lowest BCUT2D eigenvalue weighted by atomic mass is 10.5. The van der Waals surface area contributed by atoms with Gasteiger partial charge in [0, 0.05) is 31.3 Å². The molecule has 0 radical (unpaired) electrons. The molecule has 2 aromatic heterocycles. The first-order valence-electron chi connectivity index (χ1n) is 5.25. The predicted molar refractivity (Wildman–Crippen MR) is 57.4 cm³/mol. The summed E-state index contributed by atoms with van der Waals surface area (Å²) in [6.07, 6.45) is 6.19. The van der Waals surface area contributed by atoms with Crippen molar-refractivity contribution >= 4 is 0 Å². The van der Waals surface area contributed by atoms with E-state index >= 15 is 0 Å². The van der Waals surface area contributed by atoms with Crippen LogP contribution < -0.4 is 5.32 Å². The minimum absolute atomic E-state index is 0.318. The Hall–Kier alpha value is -1.76. The molecule has 0 saturated heterocycles. The van der Waals surface area contributed by atoms with Crippen molar-refractivity contribution in [3.05, 3.63) is 36.7 Å². The molecule has 0 aromatic carbocycles. The van der Waals surface area contributed by atoms with Gasteiger partial charge in [-0.25, -0.2) is 4.98 Å². The lowest BCUT2D eigenvalue weighted by molar-refractivity contribution is 0.0666. The Morgan fingerprint density at radius 3 is 2.88 bits per heavy atom. The van der Waals surface area contributed by atoms with E-state index in [1.54, 1.807) is 10.9 Å². The second-order valence-corrected chi connectivity index (χ2v) is 3.47. The molecule has 0 amide bonds. The van der Waals surface area contributed by atoms with E-state index in [0.717, 1.165) is 4.57 Å². The highest BCUT2D eigenvalue weighted by Gasteiger charge is 2.10. The summed E-state index contributed by atoms with van der Waals surface area (Å²) in [5.41, 5.74) is 0. The molecule has 0 aliphatic heterocycles. The highest BCUT2D eigenvalue weighted by Crippen LogP contribution is 2.11. The van der Waals surface area contributed by atoms with E-state index in [-0.39, 0.29) is 0 Å². The van der Waals surface area contributed by atoms with Crippen LogP contribution in [0.5, 0.6) is 0 Å². The number of alkyl halides is 2. The van der Waals surface area contributed by atoms with Crippen molar-refractivity contribution in [3.63, 3.8) is 0 Å². The van der Waals surface area contributed by atoms with E-state index in [9.17, 15) is 8.78 Å². The van der Waals surface area contributed by atoms with Crippen LogP contribution in [0.15, 0.2) is 30.9 Å². The van der Waals surface area contributed by atoms with E-state index in [0.29, 0.717) is 25.5 Å². The van der Waals surface area contributed by atoms with Gasteiger partial charge in [-0.2, -0.15) is 13.9 Å². The number of hydrogen-bond acceptors (Lipinski definition) is 3. The van der Waals surface area contributed by atoms with Gasteiger partial charge in [-0.15, -0.1) is 0 Å². The largest absolute Gasteiger partial charge is 0.319 e. The maximum Gasteiger partial charge on any atom is 0.319 e. The Morgan fingerprint density at radius 2 is 2.18 bits per heavy atom. The third-order valence-corrected chi connectivity index (χ3v) is 2.32. The van der Waals surface area contributed by atoms with Crippen LogP contribution in [0.3, 0.4) is 0 Å². The molecule has 2 heterocycles. The summed E-state index contributed by atoms with van der Waals surface area (Å²) in [5, 5.41) is 7.08. The molecule has 0 fully saturated rings. The van der Waals surface area contributed by atoms with Gasteiger partial charge in [0.2, 0.25) is 0 Å². The van der Waals surface area contributed by atoms with Gasteiger partial charge in [-0.3, -0.25) is 9.25 Å². The van der Waals surface area contributed by atoms with Gasteiger partial charge in [-0.05, 0) is 6.07 Å². The number of imidazole rings is 1. The smallest absolute Gasteiger partial charge is 0.308 e. The fourth-order valence-corrected chi connectivity index (χ4v) is 1.49. The summed E-state index contributed by atoms with van der Waals surface area (Å²) in [4.78, 5) is 3.87. The highest BCUT2D eigenvalue weighted by atomic mass is 19.3. The van der Waals surface area contributed by atoms with Crippen molar-refractivity contribution in [1.82, 2.24) is 24.6 Å².